The van der Waals surface area contributed by atoms with Crippen LogP contribution in [0.5, 0.6) is 5.75 Å². The van der Waals surface area contributed by atoms with E-state index in [0.717, 1.165) is 12.0 Å². The topological polar surface area (TPSA) is 79.0 Å². The Bertz CT molecular complexity index is 1000. The second-order valence-corrected chi connectivity index (χ2v) is 9.67. The molecular weight excluding hydrogens is 426 g/mol. The summed E-state index contributed by atoms with van der Waals surface area (Å²) in [4.78, 5) is 15.2. The quantitative estimate of drug-likeness (QED) is 0.555. The number of nitrogens with zero attached hydrogens (tertiary/aromatic N) is 2. The number of nitrogens with one attached hydrogen (secondary N) is 1. The first kappa shape index (κ1) is 25.8. The maximum absolute atomic E-state index is 13.1. The average Bonchev–Trinajstić information content (AvgIpc) is 2.79. The van der Waals surface area contributed by atoms with Crippen molar-refractivity contribution in [3.05, 3.63) is 59.2 Å². The molecule has 176 valence electrons. The first-order chi connectivity index (χ1) is 15.2. The van der Waals surface area contributed by atoms with Gasteiger partial charge in [0.15, 0.2) is 0 Å². The van der Waals surface area contributed by atoms with Crippen molar-refractivity contribution in [2.75, 3.05) is 40.8 Å². The summed E-state index contributed by atoms with van der Waals surface area (Å²) in [5.74, 6) is -0.0508. The van der Waals surface area contributed by atoms with Crippen LogP contribution >= 0.6 is 0 Å². The number of aryl methyl sites for hydroxylation is 1. The molecule has 0 fully saturated rings. The third-order valence-electron chi connectivity index (χ3n) is 5.61. The normalized spacial score (nSPS) is 12.8. The lowest BCUT2D eigenvalue weighted by Gasteiger charge is -2.25. The van der Waals surface area contributed by atoms with Crippen molar-refractivity contribution < 1.29 is 17.9 Å². The third kappa shape index (κ3) is 5.88. The zero-order chi connectivity index (χ0) is 23.9. The van der Waals surface area contributed by atoms with Crippen molar-refractivity contribution in [2.24, 2.45) is 0 Å². The first-order valence-electron chi connectivity index (χ1n) is 10.9. The van der Waals surface area contributed by atoms with E-state index in [1.165, 1.54) is 35.2 Å². The van der Waals surface area contributed by atoms with E-state index in [4.69, 9.17) is 4.74 Å². The van der Waals surface area contributed by atoms with E-state index in [9.17, 15) is 13.2 Å². The van der Waals surface area contributed by atoms with E-state index >= 15 is 0 Å². The molecule has 32 heavy (non-hydrogen) atoms. The summed E-state index contributed by atoms with van der Waals surface area (Å²) in [5.41, 5.74) is 2.54. The van der Waals surface area contributed by atoms with Gasteiger partial charge in [0.05, 0.1) is 23.6 Å². The number of amides is 1. The van der Waals surface area contributed by atoms with E-state index in [1.807, 2.05) is 19.0 Å². The average molecular weight is 462 g/mol. The molecule has 0 aromatic heterocycles. The van der Waals surface area contributed by atoms with Crippen LogP contribution in [-0.4, -0.2) is 64.4 Å². The SMILES string of the molecule is CCc1ccc(C(CNC(=O)c2cc(S(=O)(=O)N(CC)CC)ccc2OC)N(C)C)cc1. The molecule has 0 heterocycles. The molecule has 1 atom stereocenters. The van der Waals surface area contributed by atoms with Crippen LogP contribution in [0.1, 0.15) is 48.3 Å². The molecule has 0 bridgehead atoms. The van der Waals surface area contributed by atoms with Gasteiger partial charge in [-0.05, 0) is 49.8 Å². The Morgan fingerprint density at radius 2 is 1.66 bits per heavy atom. The molecule has 1 amide bonds. The number of benzene rings is 2. The van der Waals surface area contributed by atoms with Gasteiger partial charge >= 0.3 is 0 Å². The summed E-state index contributed by atoms with van der Waals surface area (Å²) in [6, 6.07) is 12.7. The minimum atomic E-state index is -3.69. The first-order valence-corrected chi connectivity index (χ1v) is 12.3. The summed E-state index contributed by atoms with van der Waals surface area (Å²) in [6.45, 7) is 6.76. The number of likely N-dealkylation sites (N-methyl/N-ethyl adjacent to an activating group) is 1. The van der Waals surface area contributed by atoms with E-state index in [2.05, 4.69) is 36.5 Å². The van der Waals surface area contributed by atoms with E-state index < -0.39 is 10.0 Å². The standard InChI is InChI=1S/C24H35N3O4S/c1-7-18-10-12-19(13-11-18)22(26(4)5)17-25-24(28)21-16-20(14-15-23(21)31-6)32(29,30)27(8-2)9-3/h10-16,22H,7-9,17H2,1-6H3,(H,25,28). The second-order valence-electron chi connectivity index (χ2n) is 7.74. The molecule has 0 aliphatic rings. The minimum Gasteiger partial charge on any atom is -0.496 e. The van der Waals surface area contributed by atoms with Crippen molar-refractivity contribution in [2.45, 2.75) is 38.1 Å². The van der Waals surface area contributed by atoms with Crippen LogP contribution in [0, 0.1) is 0 Å². The molecule has 0 aliphatic heterocycles. The molecule has 0 aliphatic carbocycles. The predicted molar refractivity (Wildman–Crippen MR) is 128 cm³/mol. The molecular formula is C24H35N3O4S. The highest BCUT2D eigenvalue weighted by molar-refractivity contribution is 7.89. The fourth-order valence-electron chi connectivity index (χ4n) is 3.60. The van der Waals surface area contributed by atoms with Crippen LogP contribution in [0.2, 0.25) is 0 Å². The molecule has 2 aromatic rings. The van der Waals surface area contributed by atoms with Crippen LogP contribution in [0.15, 0.2) is 47.4 Å². The Balaban J connectivity index is 2.29. The Morgan fingerprint density at radius 1 is 1.03 bits per heavy atom. The largest absolute Gasteiger partial charge is 0.496 e. The van der Waals surface area contributed by atoms with Crippen LogP contribution in [0.3, 0.4) is 0 Å². The van der Waals surface area contributed by atoms with Gasteiger partial charge in [-0.1, -0.05) is 45.0 Å². The molecule has 0 saturated heterocycles. The van der Waals surface area contributed by atoms with Crippen molar-refractivity contribution in [3.8, 4) is 5.75 Å². The van der Waals surface area contributed by atoms with Crippen molar-refractivity contribution in [3.63, 3.8) is 0 Å². The predicted octanol–water partition coefficient (Wildman–Crippen LogP) is 3.32. The smallest absolute Gasteiger partial charge is 0.255 e. The number of carbonyl (C=O) groups excluding carboxylic acids is 1. The number of hydrogen-bond acceptors (Lipinski definition) is 5. The Hall–Kier alpha value is -2.42. The van der Waals surface area contributed by atoms with Gasteiger partial charge in [-0.15, -0.1) is 0 Å². The molecule has 7 nitrogen and oxygen atoms in total. The molecule has 1 unspecified atom stereocenters. The van der Waals surface area contributed by atoms with Crippen molar-refractivity contribution >= 4 is 15.9 Å². The van der Waals surface area contributed by atoms with Gasteiger partial charge in [0, 0.05) is 19.6 Å². The van der Waals surface area contributed by atoms with Gasteiger partial charge in [-0.25, -0.2) is 8.42 Å². The van der Waals surface area contributed by atoms with Crippen molar-refractivity contribution in [1.29, 1.82) is 0 Å². The molecule has 2 aromatic carbocycles. The summed E-state index contributed by atoms with van der Waals surface area (Å²) in [7, 11) is 1.70. The lowest BCUT2D eigenvalue weighted by atomic mass is 10.0. The van der Waals surface area contributed by atoms with Crippen LogP contribution in [0.25, 0.3) is 0 Å². The zero-order valence-corrected chi connectivity index (χ0v) is 20.7. The summed E-state index contributed by atoms with van der Waals surface area (Å²) in [5, 5.41) is 2.95. The van der Waals surface area contributed by atoms with Gasteiger partial charge in [0.1, 0.15) is 5.75 Å². The van der Waals surface area contributed by atoms with Crippen LogP contribution in [0.4, 0.5) is 0 Å². The van der Waals surface area contributed by atoms with E-state index in [-0.39, 0.29) is 22.4 Å². The molecule has 0 spiro atoms. The van der Waals surface area contributed by atoms with Gasteiger partial charge in [0.25, 0.3) is 5.91 Å². The van der Waals surface area contributed by atoms with Crippen LogP contribution < -0.4 is 10.1 Å². The summed E-state index contributed by atoms with van der Waals surface area (Å²) in [6.07, 6.45) is 0.968. The van der Waals surface area contributed by atoms with Gasteiger partial charge in [-0.3, -0.25) is 4.79 Å². The fourth-order valence-corrected chi connectivity index (χ4v) is 5.08. The van der Waals surface area contributed by atoms with Gasteiger partial charge < -0.3 is 15.0 Å². The minimum absolute atomic E-state index is 0.0292. The highest BCUT2D eigenvalue weighted by atomic mass is 32.2. The lowest BCUT2D eigenvalue weighted by molar-refractivity contribution is 0.0938. The monoisotopic (exact) mass is 461 g/mol. The number of sulfonamides is 1. The fraction of sp³-hybridized carbons (Fsp3) is 0.458. The van der Waals surface area contributed by atoms with Gasteiger partial charge in [0.2, 0.25) is 10.0 Å². The summed E-state index contributed by atoms with van der Waals surface area (Å²) < 4.78 is 32.5. The van der Waals surface area contributed by atoms with E-state index in [1.54, 1.807) is 13.8 Å². The Morgan fingerprint density at radius 3 is 2.16 bits per heavy atom. The molecule has 1 N–H and O–H groups in total. The van der Waals surface area contributed by atoms with Gasteiger partial charge in [-0.2, -0.15) is 4.31 Å². The number of hydrogen-bond donors (Lipinski definition) is 1. The second kappa shape index (κ2) is 11.4. The maximum atomic E-state index is 13.1. The van der Waals surface area contributed by atoms with Crippen LogP contribution in [-0.2, 0) is 16.4 Å². The molecule has 0 saturated carbocycles. The molecule has 0 radical (unpaired) electrons. The van der Waals surface area contributed by atoms with Crippen molar-refractivity contribution in [1.82, 2.24) is 14.5 Å². The molecule has 8 heteroatoms. The Kier molecular flexibility index (Phi) is 9.24. The highest BCUT2D eigenvalue weighted by Crippen LogP contribution is 2.25. The lowest BCUT2D eigenvalue weighted by Crippen LogP contribution is -2.35. The maximum Gasteiger partial charge on any atom is 0.255 e. The zero-order valence-electron chi connectivity index (χ0n) is 19.9. The summed E-state index contributed by atoms with van der Waals surface area (Å²) >= 11 is 0. The third-order valence-corrected chi connectivity index (χ3v) is 7.66. The van der Waals surface area contributed by atoms with E-state index in [0.29, 0.717) is 25.4 Å². The highest BCUT2D eigenvalue weighted by Gasteiger charge is 2.25. The number of carbonyl (C=O) groups is 1. The number of methoxy groups -OCH3 is 1. The number of rotatable bonds is 11. The number of ether oxygens (including phenoxy) is 1. The Labute approximate surface area is 192 Å². The molecule has 2 rings (SSSR count).